The van der Waals surface area contributed by atoms with E-state index in [1.165, 1.54) is 6.92 Å². The van der Waals surface area contributed by atoms with E-state index in [0.717, 1.165) is 22.9 Å². The van der Waals surface area contributed by atoms with Crippen molar-refractivity contribution in [2.45, 2.75) is 6.92 Å². The van der Waals surface area contributed by atoms with Gasteiger partial charge in [0, 0.05) is 43.5 Å². The molecule has 5 nitrogen and oxygen atoms in total. The molecule has 1 amide bonds. The number of carbonyl (C=O) groups is 1. The molecule has 5 heteroatoms. The van der Waals surface area contributed by atoms with Crippen molar-refractivity contribution in [3.05, 3.63) is 48.5 Å². The van der Waals surface area contributed by atoms with E-state index in [1.54, 1.807) is 14.2 Å². The molecule has 2 aromatic rings. The predicted octanol–water partition coefficient (Wildman–Crippen LogP) is 2.98. The standard InChI is InChI=1S/C18H22N2O3/c1-14(21)19-10-11-20(15-6-4-8-17(12-15)22-2)16-7-5-9-18(13-16)23-3/h4-9,12-13H,10-11H2,1-3H3,(H,19,21). The Morgan fingerprint density at radius 1 is 1.00 bits per heavy atom. The maximum Gasteiger partial charge on any atom is 0.216 e. The van der Waals surface area contributed by atoms with Crippen LogP contribution in [0.3, 0.4) is 0 Å². The Kier molecular flexibility index (Phi) is 5.86. The lowest BCUT2D eigenvalue weighted by Crippen LogP contribution is -2.31. The van der Waals surface area contributed by atoms with Crippen LogP contribution in [-0.4, -0.2) is 33.2 Å². The fraction of sp³-hybridized carbons (Fsp3) is 0.278. The van der Waals surface area contributed by atoms with Crippen molar-refractivity contribution in [3.63, 3.8) is 0 Å². The zero-order valence-electron chi connectivity index (χ0n) is 13.7. The number of nitrogens with one attached hydrogen (secondary N) is 1. The second kappa shape index (κ2) is 8.08. The summed E-state index contributed by atoms with van der Waals surface area (Å²) in [5.74, 6) is 1.53. The van der Waals surface area contributed by atoms with Gasteiger partial charge in [0.05, 0.1) is 14.2 Å². The first-order valence-electron chi connectivity index (χ1n) is 7.44. The maximum atomic E-state index is 11.1. The molecule has 0 radical (unpaired) electrons. The van der Waals surface area contributed by atoms with Crippen LogP contribution >= 0.6 is 0 Å². The summed E-state index contributed by atoms with van der Waals surface area (Å²) >= 11 is 0. The van der Waals surface area contributed by atoms with E-state index in [2.05, 4.69) is 10.2 Å². The molecule has 2 rings (SSSR count). The number of methoxy groups -OCH3 is 2. The zero-order chi connectivity index (χ0) is 16.7. The van der Waals surface area contributed by atoms with E-state index < -0.39 is 0 Å². The summed E-state index contributed by atoms with van der Waals surface area (Å²) in [7, 11) is 3.29. The normalized spacial score (nSPS) is 10.0. The topological polar surface area (TPSA) is 50.8 Å². The molecule has 0 bridgehead atoms. The van der Waals surface area contributed by atoms with Crippen LogP contribution < -0.4 is 19.7 Å². The van der Waals surface area contributed by atoms with E-state index in [0.29, 0.717) is 13.1 Å². The highest BCUT2D eigenvalue weighted by Gasteiger charge is 2.11. The van der Waals surface area contributed by atoms with Crippen molar-refractivity contribution >= 4 is 17.3 Å². The Labute approximate surface area is 136 Å². The lowest BCUT2D eigenvalue weighted by molar-refractivity contribution is -0.118. The lowest BCUT2D eigenvalue weighted by Gasteiger charge is -2.26. The molecule has 1 N–H and O–H groups in total. The average Bonchev–Trinajstić information content (AvgIpc) is 2.58. The number of ether oxygens (including phenoxy) is 2. The molecule has 122 valence electrons. The molecule has 0 fully saturated rings. The summed E-state index contributed by atoms with van der Waals surface area (Å²) in [5, 5.41) is 2.83. The van der Waals surface area contributed by atoms with Crippen LogP contribution in [0.2, 0.25) is 0 Å². The van der Waals surface area contributed by atoms with Gasteiger partial charge in [-0.1, -0.05) is 12.1 Å². The van der Waals surface area contributed by atoms with Gasteiger partial charge in [-0.2, -0.15) is 0 Å². The van der Waals surface area contributed by atoms with Gasteiger partial charge in [0.25, 0.3) is 0 Å². The maximum absolute atomic E-state index is 11.1. The Bertz CT molecular complexity index is 611. The number of rotatable bonds is 7. The van der Waals surface area contributed by atoms with E-state index in [4.69, 9.17) is 9.47 Å². The minimum atomic E-state index is -0.0405. The van der Waals surface area contributed by atoms with Gasteiger partial charge >= 0.3 is 0 Å². The number of carbonyl (C=O) groups excluding carboxylic acids is 1. The van der Waals surface area contributed by atoms with Crippen molar-refractivity contribution in [1.82, 2.24) is 5.32 Å². The monoisotopic (exact) mass is 314 g/mol. The fourth-order valence-corrected chi connectivity index (χ4v) is 2.31. The first kappa shape index (κ1) is 16.7. The highest BCUT2D eigenvalue weighted by atomic mass is 16.5. The second-order valence-corrected chi connectivity index (χ2v) is 5.04. The van der Waals surface area contributed by atoms with Crippen LogP contribution in [-0.2, 0) is 4.79 Å². The summed E-state index contributed by atoms with van der Waals surface area (Å²) in [5.41, 5.74) is 1.98. The highest BCUT2D eigenvalue weighted by Crippen LogP contribution is 2.30. The quantitative estimate of drug-likeness (QED) is 0.853. The van der Waals surface area contributed by atoms with Crippen LogP contribution in [0.5, 0.6) is 11.5 Å². The molecule has 0 spiro atoms. The molecule has 0 aromatic heterocycles. The molecule has 0 heterocycles. The first-order valence-corrected chi connectivity index (χ1v) is 7.44. The van der Waals surface area contributed by atoms with Gasteiger partial charge in [-0.3, -0.25) is 4.79 Å². The minimum absolute atomic E-state index is 0.0405. The smallest absolute Gasteiger partial charge is 0.216 e. The zero-order valence-corrected chi connectivity index (χ0v) is 13.7. The van der Waals surface area contributed by atoms with Gasteiger partial charge in [-0.15, -0.1) is 0 Å². The Hall–Kier alpha value is -2.69. The van der Waals surface area contributed by atoms with Crippen LogP contribution in [0.4, 0.5) is 11.4 Å². The van der Waals surface area contributed by atoms with Crippen LogP contribution in [0, 0.1) is 0 Å². The molecule has 23 heavy (non-hydrogen) atoms. The number of hydrogen-bond acceptors (Lipinski definition) is 4. The Balaban J connectivity index is 2.31. The Morgan fingerprint density at radius 2 is 1.52 bits per heavy atom. The van der Waals surface area contributed by atoms with Crippen LogP contribution in [0.1, 0.15) is 6.92 Å². The van der Waals surface area contributed by atoms with E-state index in [1.807, 2.05) is 48.5 Å². The fourth-order valence-electron chi connectivity index (χ4n) is 2.31. The largest absolute Gasteiger partial charge is 0.497 e. The van der Waals surface area contributed by atoms with Crippen molar-refractivity contribution in [3.8, 4) is 11.5 Å². The third kappa shape index (κ3) is 4.64. The van der Waals surface area contributed by atoms with Crippen molar-refractivity contribution in [2.75, 3.05) is 32.2 Å². The number of hydrogen-bond donors (Lipinski definition) is 1. The molecule has 0 saturated carbocycles. The minimum Gasteiger partial charge on any atom is -0.497 e. The second-order valence-electron chi connectivity index (χ2n) is 5.04. The van der Waals surface area contributed by atoms with Crippen LogP contribution in [0.15, 0.2) is 48.5 Å². The lowest BCUT2D eigenvalue weighted by atomic mass is 10.2. The molecule has 2 aromatic carbocycles. The third-order valence-electron chi connectivity index (χ3n) is 3.44. The highest BCUT2D eigenvalue weighted by molar-refractivity contribution is 5.73. The number of amides is 1. The summed E-state index contributed by atoms with van der Waals surface area (Å²) < 4.78 is 10.6. The van der Waals surface area contributed by atoms with Gasteiger partial charge in [0.15, 0.2) is 0 Å². The summed E-state index contributed by atoms with van der Waals surface area (Å²) in [6.07, 6.45) is 0. The average molecular weight is 314 g/mol. The van der Waals surface area contributed by atoms with Gasteiger partial charge in [-0.05, 0) is 24.3 Å². The van der Waals surface area contributed by atoms with Gasteiger partial charge in [0.2, 0.25) is 5.91 Å². The van der Waals surface area contributed by atoms with Crippen molar-refractivity contribution in [1.29, 1.82) is 0 Å². The molecule has 0 aliphatic carbocycles. The van der Waals surface area contributed by atoms with Crippen LogP contribution in [0.25, 0.3) is 0 Å². The summed E-state index contributed by atoms with van der Waals surface area (Å²) in [6, 6.07) is 15.6. The summed E-state index contributed by atoms with van der Waals surface area (Å²) in [6.45, 7) is 2.70. The molecular formula is C18H22N2O3. The molecule has 0 unspecified atom stereocenters. The van der Waals surface area contributed by atoms with E-state index >= 15 is 0 Å². The molecule has 0 saturated heterocycles. The number of benzene rings is 2. The summed E-state index contributed by atoms with van der Waals surface area (Å²) in [4.78, 5) is 13.2. The SMILES string of the molecule is COc1cccc(N(CCNC(C)=O)c2cccc(OC)c2)c1. The number of nitrogens with zero attached hydrogens (tertiary/aromatic N) is 1. The van der Waals surface area contributed by atoms with Gasteiger partial charge in [-0.25, -0.2) is 0 Å². The molecule has 0 aliphatic rings. The first-order chi connectivity index (χ1) is 11.1. The van der Waals surface area contributed by atoms with Crippen molar-refractivity contribution < 1.29 is 14.3 Å². The number of anilines is 2. The molecular weight excluding hydrogens is 292 g/mol. The van der Waals surface area contributed by atoms with Gasteiger partial charge < -0.3 is 19.7 Å². The molecule has 0 atom stereocenters. The Morgan fingerprint density at radius 3 is 1.96 bits per heavy atom. The predicted molar refractivity (Wildman–Crippen MR) is 91.7 cm³/mol. The third-order valence-corrected chi connectivity index (χ3v) is 3.44. The van der Waals surface area contributed by atoms with E-state index in [9.17, 15) is 4.79 Å². The van der Waals surface area contributed by atoms with E-state index in [-0.39, 0.29) is 5.91 Å². The molecule has 0 aliphatic heterocycles. The van der Waals surface area contributed by atoms with Crippen molar-refractivity contribution in [2.24, 2.45) is 0 Å². The van der Waals surface area contributed by atoms with Gasteiger partial charge in [0.1, 0.15) is 11.5 Å².